The first-order chi connectivity index (χ1) is 11.8. The molecule has 8 heteroatoms. The van der Waals surface area contributed by atoms with Crippen LogP contribution in [0.5, 0.6) is 5.75 Å². The highest BCUT2D eigenvalue weighted by molar-refractivity contribution is 7.89. The number of nitrogens with one attached hydrogen (secondary N) is 1. The Balaban J connectivity index is 2.04. The number of rotatable bonds is 6. The molecule has 1 atom stereocenters. The molecule has 2 rings (SSSR count). The fourth-order valence-corrected chi connectivity index (χ4v) is 4.60. The molecule has 1 aromatic carbocycles. The minimum atomic E-state index is -3.62. The van der Waals surface area contributed by atoms with Crippen molar-refractivity contribution in [2.75, 3.05) is 20.2 Å². The van der Waals surface area contributed by atoms with E-state index in [-0.39, 0.29) is 27.8 Å². The summed E-state index contributed by atoms with van der Waals surface area (Å²) in [6.45, 7) is 4.63. The summed E-state index contributed by atoms with van der Waals surface area (Å²) >= 11 is 6.04. The molecule has 1 fully saturated rings. The van der Waals surface area contributed by atoms with Crippen molar-refractivity contribution in [3.63, 3.8) is 0 Å². The minimum Gasteiger partial charge on any atom is -0.495 e. The number of carbonyl (C=O) groups excluding carboxylic acids is 1. The molecule has 1 unspecified atom stereocenters. The predicted molar refractivity (Wildman–Crippen MR) is 97.4 cm³/mol. The Bertz CT molecular complexity index is 715. The van der Waals surface area contributed by atoms with Crippen molar-refractivity contribution in [3.05, 3.63) is 23.2 Å². The lowest BCUT2D eigenvalue weighted by molar-refractivity contribution is -0.126. The van der Waals surface area contributed by atoms with Crippen LogP contribution in [0.15, 0.2) is 23.1 Å². The number of methoxy groups -OCH3 is 1. The van der Waals surface area contributed by atoms with Gasteiger partial charge in [-0.15, -0.1) is 0 Å². The summed E-state index contributed by atoms with van der Waals surface area (Å²) in [4.78, 5) is 12.3. The normalized spacial score (nSPS) is 17.9. The van der Waals surface area contributed by atoms with Crippen LogP contribution in [0.4, 0.5) is 0 Å². The number of benzene rings is 1. The smallest absolute Gasteiger partial charge is 0.243 e. The molecule has 0 aliphatic carbocycles. The average molecular weight is 389 g/mol. The molecule has 140 valence electrons. The van der Waals surface area contributed by atoms with Gasteiger partial charge in [-0.3, -0.25) is 4.79 Å². The van der Waals surface area contributed by atoms with E-state index < -0.39 is 10.0 Å². The van der Waals surface area contributed by atoms with Crippen LogP contribution >= 0.6 is 11.6 Å². The van der Waals surface area contributed by atoms with E-state index in [0.717, 1.165) is 6.42 Å². The Labute approximate surface area is 154 Å². The molecule has 1 aliphatic rings. The molecular formula is C17H25ClN2O4S. The van der Waals surface area contributed by atoms with Crippen LogP contribution in [-0.2, 0) is 14.8 Å². The minimum absolute atomic E-state index is 0.0129. The lowest BCUT2D eigenvalue weighted by Gasteiger charge is -2.31. The molecule has 1 heterocycles. The third kappa shape index (κ3) is 4.65. The molecule has 0 radical (unpaired) electrons. The van der Waals surface area contributed by atoms with Gasteiger partial charge in [0.15, 0.2) is 0 Å². The van der Waals surface area contributed by atoms with Gasteiger partial charge in [0, 0.05) is 25.0 Å². The zero-order chi connectivity index (χ0) is 18.6. The Morgan fingerprint density at radius 2 is 2.04 bits per heavy atom. The molecular weight excluding hydrogens is 364 g/mol. The van der Waals surface area contributed by atoms with Gasteiger partial charge in [0.05, 0.1) is 17.0 Å². The summed E-state index contributed by atoms with van der Waals surface area (Å²) in [5.74, 6) is 0.305. The van der Waals surface area contributed by atoms with Crippen LogP contribution in [-0.4, -0.2) is 44.9 Å². The van der Waals surface area contributed by atoms with E-state index in [1.807, 2.05) is 13.8 Å². The van der Waals surface area contributed by atoms with Crippen molar-refractivity contribution in [3.8, 4) is 5.75 Å². The van der Waals surface area contributed by atoms with Gasteiger partial charge in [0.2, 0.25) is 15.9 Å². The van der Waals surface area contributed by atoms with Gasteiger partial charge in [-0.2, -0.15) is 4.31 Å². The van der Waals surface area contributed by atoms with E-state index in [2.05, 4.69) is 5.32 Å². The van der Waals surface area contributed by atoms with E-state index in [1.165, 1.54) is 23.5 Å². The summed E-state index contributed by atoms with van der Waals surface area (Å²) in [6.07, 6.45) is 1.91. The third-order valence-electron chi connectivity index (χ3n) is 4.59. The number of sulfonamides is 1. The summed E-state index contributed by atoms with van der Waals surface area (Å²) in [5, 5.41) is 3.22. The van der Waals surface area contributed by atoms with Gasteiger partial charge in [-0.05, 0) is 44.4 Å². The van der Waals surface area contributed by atoms with Crippen LogP contribution in [0.3, 0.4) is 0 Å². The quantitative estimate of drug-likeness (QED) is 0.812. The Kier molecular flexibility index (Phi) is 6.71. The molecule has 0 saturated carbocycles. The van der Waals surface area contributed by atoms with Crippen LogP contribution in [0.1, 0.15) is 33.1 Å². The number of hydrogen-bond donors (Lipinski definition) is 1. The molecule has 0 aromatic heterocycles. The number of ether oxygens (including phenoxy) is 1. The second-order valence-corrected chi connectivity index (χ2v) is 8.64. The second kappa shape index (κ2) is 8.38. The van der Waals surface area contributed by atoms with E-state index in [9.17, 15) is 13.2 Å². The zero-order valence-corrected chi connectivity index (χ0v) is 16.4. The first-order valence-electron chi connectivity index (χ1n) is 8.43. The Morgan fingerprint density at radius 1 is 1.40 bits per heavy atom. The lowest BCUT2D eigenvalue weighted by atomic mass is 9.97. The SMILES string of the molecule is CCC(C)NC(=O)C1CCN(S(=O)(=O)c2ccc(OC)c(Cl)c2)CC1. The molecule has 1 saturated heterocycles. The number of halogens is 1. The maximum Gasteiger partial charge on any atom is 0.243 e. The van der Waals surface area contributed by atoms with E-state index in [0.29, 0.717) is 31.7 Å². The molecule has 0 spiro atoms. The number of carbonyl (C=O) groups is 1. The number of amides is 1. The maximum atomic E-state index is 12.8. The van der Waals surface area contributed by atoms with Crippen LogP contribution in [0, 0.1) is 5.92 Å². The highest BCUT2D eigenvalue weighted by Crippen LogP contribution is 2.30. The van der Waals surface area contributed by atoms with Crippen molar-refractivity contribution in [1.29, 1.82) is 0 Å². The summed E-state index contributed by atoms with van der Waals surface area (Å²) < 4.78 is 32.0. The van der Waals surface area contributed by atoms with Crippen LogP contribution < -0.4 is 10.1 Å². The van der Waals surface area contributed by atoms with Gasteiger partial charge in [0.1, 0.15) is 5.75 Å². The van der Waals surface area contributed by atoms with Crippen molar-refractivity contribution in [1.82, 2.24) is 9.62 Å². The summed E-state index contributed by atoms with van der Waals surface area (Å²) in [5.41, 5.74) is 0. The first-order valence-corrected chi connectivity index (χ1v) is 10.3. The monoisotopic (exact) mass is 388 g/mol. The van der Waals surface area contributed by atoms with Crippen molar-refractivity contribution < 1.29 is 17.9 Å². The number of hydrogen-bond acceptors (Lipinski definition) is 4. The number of piperidine rings is 1. The molecule has 1 aliphatic heterocycles. The Morgan fingerprint density at radius 3 is 2.56 bits per heavy atom. The summed E-state index contributed by atoms with van der Waals surface area (Å²) in [7, 11) is -2.15. The second-order valence-electron chi connectivity index (χ2n) is 6.29. The predicted octanol–water partition coefficient (Wildman–Crippen LogP) is 2.66. The molecule has 1 amide bonds. The van der Waals surface area contributed by atoms with E-state index in [1.54, 1.807) is 6.07 Å². The van der Waals surface area contributed by atoms with Gasteiger partial charge < -0.3 is 10.1 Å². The molecule has 0 bridgehead atoms. The first kappa shape index (κ1) is 20.0. The average Bonchev–Trinajstić information content (AvgIpc) is 2.61. The van der Waals surface area contributed by atoms with Gasteiger partial charge in [-0.25, -0.2) is 8.42 Å². The summed E-state index contributed by atoms with van der Waals surface area (Å²) in [6, 6.07) is 4.57. The van der Waals surface area contributed by atoms with E-state index >= 15 is 0 Å². The van der Waals surface area contributed by atoms with Crippen LogP contribution in [0.25, 0.3) is 0 Å². The van der Waals surface area contributed by atoms with Gasteiger partial charge in [0.25, 0.3) is 0 Å². The standard InChI is InChI=1S/C17H25ClN2O4S/c1-4-12(2)19-17(21)13-7-9-20(10-8-13)25(22,23)14-5-6-16(24-3)15(18)11-14/h5-6,11-13H,4,7-10H2,1-3H3,(H,19,21). The molecule has 1 aromatic rings. The lowest BCUT2D eigenvalue weighted by Crippen LogP contribution is -2.44. The fourth-order valence-electron chi connectivity index (χ4n) is 2.78. The van der Waals surface area contributed by atoms with Gasteiger partial charge >= 0.3 is 0 Å². The highest BCUT2D eigenvalue weighted by atomic mass is 35.5. The highest BCUT2D eigenvalue weighted by Gasteiger charge is 2.32. The van der Waals surface area contributed by atoms with Crippen molar-refractivity contribution >= 4 is 27.5 Å². The number of nitrogens with zero attached hydrogens (tertiary/aromatic N) is 1. The fraction of sp³-hybridized carbons (Fsp3) is 0.588. The third-order valence-corrected chi connectivity index (χ3v) is 6.78. The topological polar surface area (TPSA) is 75.7 Å². The molecule has 1 N–H and O–H groups in total. The maximum absolute atomic E-state index is 12.8. The van der Waals surface area contributed by atoms with Crippen molar-refractivity contribution in [2.24, 2.45) is 5.92 Å². The van der Waals surface area contributed by atoms with E-state index in [4.69, 9.17) is 16.3 Å². The van der Waals surface area contributed by atoms with Gasteiger partial charge in [-0.1, -0.05) is 18.5 Å². The zero-order valence-electron chi connectivity index (χ0n) is 14.8. The molecule has 6 nitrogen and oxygen atoms in total. The Hall–Kier alpha value is -1.31. The molecule has 25 heavy (non-hydrogen) atoms. The van der Waals surface area contributed by atoms with Crippen molar-refractivity contribution in [2.45, 2.75) is 44.0 Å². The van der Waals surface area contributed by atoms with Crippen LogP contribution in [0.2, 0.25) is 5.02 Å². The largest absolute Gasteiger partial charge is 0.495 e.